The second-order valence-electron chi connectivity index (χ2n) is 4.78. The molecule has 1 rings (SSSR count). The summed E-state index contributed by atoms with van der Waals surface area (Å²) >= 11 is 0. The fraction of sp³-hybridized carbons (Fsp3) is 0.615. The van der Waals surface area contributed by atoms with Crippen molar-refractivity contribution in [2.24, 2.45) is 0 Å². The number of ether oxygens (including phenoxy) is 1. The quantitative estimate of drug-likeness (QED) is 0.834. The van der Waals surface area contributed by atoms with Crippen molar-refractivity contribution in [3.8, 4) is 0 Å². The minimum absolute atomic E-state index is 0.189. The summed E-state index contributed by atoms with van der Waals surface area (Å²) in [5.74, 6) is 0. The van der Waals surface area contributed by atoms with Gasteiger partial charge in [0.05, 0.1) is 17.4 Å². The minimum Gasteiger partial charge on any atom is -0.387 e. The Morgan fingerprint density at radius 3 is 2.62 bits per heavy atom. The van der Waals surface area contributed by atoms with Gasteiger partial charge in [-0.05, 0) is 45.2 Å². The number of aromatic nitrogens is 1. The molecule has 0 aromatic carbocycles. The molecule has 90 valence electrons. The molecule has 0 fully saturated rings. The van der Waals surface area contributed by atoms with Crippen LogP contribution in [0.5, 0.6) is 0 Å². The first-order valence-electron chi connectivity index (χ1n) is 5.60. The third-order valence-corrected chi connectivity index (χ3v) is 2.85. The van der Waals surface area contributed by atoms with Crippen molar-refractivity contribution < 1.29 is 9.84 Å². The standard InChI is InChI=1S/C13H21NO2/c1-10-5-6-11(14-9-10)12(15)7-8-13(2,3)16-4/h5-6,9,12,15H,7-8H2,1-4H3. The van der Waals surface area contributed by atoms with Gasteiger partial charge in [0.1, 0.15) is 0 Å². The van der Waals surface area contributed by atoms with E-state index >= 15 is 0 Å². The van der Waals surface area contributed by atoms with E-state index in [2.05, 4.69) is 4.98 Å². The minimum atomic E-state index is -0.505. The molecule has 0 saturated carbocycles. The summed E-state index contributed by atoms with van der Waals surface area (Å²) in [6, 6.07) is 3.84. The second-order valence-corrected chi connectivity index (χ2v) is 4.78. The van der Waals surface area contributed by atoms with Gasteiger partial charge in [0.15, 0.2) is 0 Å². The van der Waals surface area contributed by atoms with E-state index in [1.807, 2.05) is 32.9 Å². The van der Waals surface area contributed by atoms with Crippen molar-refractivity contribution >= 4 is 0 Å². The predicted molar refractivity (Wildman–Crippen MR) is 64.3 cm³/mol. The van der Waals surface area contributed by atoms with Gasteiger partial charge in [0.25, 0.3) is 0 Å². The lowest BCUT2D eigenvalue weighted by molar-refractivity contribution is 0.00241. The van der Waals surface area contributed by atoms with Gasteiger partial charge in [0, 0.05) is 13.3 Å². The Labute approximate surface area is 97.5 Å². The lowest BCUT2D eigenvalue weighted by Crippen LogP contribution is -2.23. The first kappa shape index (κ1) is 13.1. The molecule has 1 aromatic rings. The molecule has 16 heavy (non-hydrogen) atoms. The van der Waals surface area contributed by atoms with E-state index in [0.717, 1.165) is 17.7 Å². The zero-order valence-electron chi connectivity index (χ0n) is 10.5. The van der Waals surface area contributed by atoms with E-state index in [-0.39, 0.29) is 5.60 Å². The first-order chi connectivity index (χ1) is 7.44. The monoisotopic (exact) mass is 223 g/mol. The van der Waals surface area contributed by atoms with Crippen LogP contribution in [0.15, 0.2) is 18.3 Å². The first-order valence-corrected chi connectivity index (χ1v) is 5.60. The topological polar surface area (TPSA) is 42.4 Å². The highest BCUT2D eigenvalue weighted by molar-refractivity contribution is 5.13. The van der Waals surface area contributed by atoms with Crippen molar-refractivity contribution in [3.05, 3.63) is 29.6 Å². The van der Waals surface area contributed by atoms with Crippen molar-refractivity contribution in [2.75, 3.05) is 7.11 Å². The van der Waals surface area contributed by atoms with Gasteiger partial charge in [-0.2, -0.15) is 0 Å². The molecule has 3 heteroatoms. The molecule has 0 amide bonds. The molecule has 0 aliphatic carbocycles. The van der Waals surface area contributed by atoms with Crippen LogP contribution in [0.3, 0.4) is 0 Å². The Balaban J connectivity index is 2.53. The second kappa shape index (κ2) is 5.41. The lowest BCUT2D eigenvalue weighted by atomic mass is 9.98. The Morgan fingerprint density at radius 1 is 1.44 bits per heavy atom. The van der Waals surface area contributed by atoms with Gasteiger partial charge in [-0.3, -0.25) is 4.98 Å². The van der Waals surface area contributed by atoms with Crippen LogP contribution in [0, 0.1) is 6.92 Å². The molecule has 3 nitrogen and oxygen atoms in total. The van der Waals surface area contributed by atoms with Gasteiger partial charge < -0.3 is 9.84 Å². The van der Waals surface area contributed by atoms with E-state index in [1.165, 1.54) is 0 Å². The molecule has 0 spiro atoms. The molecule has 1 aromatic heterocycles. The fourth-order valence-corrected chi connectivity index (χ4v) is 1.41. The summed E-state index contributed by atoms with van der Waals surface area (Å²) in [4.78, 5) is 4.21. The number of aryl methyl sites for hydroxylation is 1. The van der Waals surface area contributed by atoms with Crippen LogP contribution in [0.2, 0.25) is 0 Å². The van der Waals surface area contributed by atoms with Crippen LogP contribution in [0.4, 0.5) is 0 Å². The highest BCUT2D eigenvalue weighted by Crippen LogP contribution is 2.23. The summed E-state index contributed by atoms with van der Waals surface area (Å²) in [5, 5.41) is 9.95. The highest BCUT2D eigenvalue weighted by Gasteiger charge is 2.19. The summed E-state index contributed by atoms with van der Waals surface area (Å²) in [6.45, 7) is 6.02. The average molecular weight is 223 g/mol. The number of aliphatic hydroxyl groups excluding tert-OH is 1. The summed E-state index contributed by atoms with van der Waals surface area (Å²) < 4.78 is 5.31. The molecule has 0 radical (unpaired) electrons. The fourth-order valence-electron chi connectivity index (χ4n) is 1.41. The molecular weight excluding hydrogens is 202 g/mol. The smallest absolute Gasteiger partial charge is 0.0960 e. The number of hydrogen-bond acceptors (Lipinski definition) is 3. The van der Waals surface area contributed by atoms with Gasteiger partial charge in [-0.25, -0.2) is 0 Å². The molecule has 1 heterocycles. The summed E-state index contributed by atoms with van der Waals surface area (Å²) in [7, 11) is 1.69. The van der Waals surface area contributed by atoms with Crippen molar-refractivity contribution in [1.29, 1.82) is 0 Å². The van der Waals surface area contributed by atoms with Crippen LogP contribution in [0.25, 0.3) is 0 Å². The Morgan fingerprint density at radius 2 is 2.12 bits per heavy atom. The maximum Gasteiger partial charge on any atom is 0.0960 e. The van der Waals surface area contributed by atoms with Crippen LogP contribution in [-0.2, 0) is 4.74 Å². The Kier molecular flexibility index (Phi) is 4.44. The number of methoxy groups -OCH3 is 1. The molecule has 0 bridgehead atoms. The maximum absolute atomic E-state index is 9.95. The average Bonchev–Trinajstić information content (AvgIpc) is 2.27. The van der Waals surface area contributed by atoms with E-state index in [4.69, 9.17) is 4.74 Å². The SMILES string of the molecule is COC(C)(C)CCC(O)c1ccc(C)cn1. The normalized spacial score (nSPS) is 13.8. The molecule has 0 aliphatic heterocycles. The van der Waals surface area contributed by atoms with Gasteiger partial charge in [0.2, 0.25) is 0 Å². The van der Waals surface area contributed by atoms with Gasteiger partial charge in [-0.15, -0.1) is 0 Å². The summed E-state index contributed by atoms with van der Waals surface area (Å²) in [6.07, 6.45) is 2.74. The predicted octanol–water partition coefficient (Wildman–Crippen LogP) is 2.63. The largest absolute Gasteiger partial charge is 0.387 e. The van der Waals surface area contributed by atoms with Crippen LogP contribution in [-0.4, -0.2) is 22.8 Å². The number of nitrogens with zero attached hydrogens (tertiary/aromatic N) is 1. The van der Waals surface area contributed by atoms with Crippen molar-refractivity contribution in [1.82, 2.24) is 4.98 Å². The van der Waals surface area contributed by atoms with Crippen molar-refractivity contribution in [3.63, 3.8) is 0 Å². The molecular formula is C13H21NO2. The van der Waals surface area contributed by atoms with E-state index in [1.54, 1.807) is 13.3 Å². The van der Waals surface area contributed by atoms with Gasteiger partial charge in [-0.1, -0.05) is 6.07 Å². The van der Waals surface area contributed by atoms with Crippen molar-refractivity contribution in [2.45, 2.75) is 45.3 Å². The molecule has 1 atom stereocenters. The number of hydrogen-bond donors (Lipinski definition) is 1. The van der Waals surface area contributed by atoms with Crippen LogP contribution in [0.1, 0.15) is 44.1 Å². The van der Waals surface area contributed by atoms with Crippen LogP contribution < -0.4 is 0 Å². The molecule has 1 N–H and O–H groups in total. The molecule has 1 unspecified atom stereocenters. The molecule has 0 saturated heterocycles. The number of rotatable bonds is 5. The van der Waals surface area contributed by atoms with Crippen LogP contribution >= 0.6 is 0 Å². The van der Waals surface area contributed by atoms with E-state index in [0.29, 0.717) is 6.42 Å². The zero-order chi connectivity index (χ0) is 12.2. The third kappa shape index (κ3) is 3.91. The number of aliphatic hydroxyl groups is 1. The Hall–Kier alpha value is -0.930. The van der Waals surface area contributed by atoms with E-state index < -0.39 is 6.10 Å². The zero-order valence-corrected chi connectivity index (χ0v) is 10.5. The maximum atomic E-state index is 9.95. The lowest BCUT2D eigenvalue weighted by Gasteiger charge is -2.24. The third-order valence-electron chi connectivity index (χ3n) is 2.85. The number of pyridine rings is 1. The highest BCUT2D eigenvalue weighted by atomic mass is 16.5. The summed E-state index contributed by atoms with van der Waals surface area (Å²) in [5.41, 5.74) is 1.65. The van der Waals surface area contributed by atoms with E-state index in [9.17, 15) is 5.11 Å². The molecule has 0 aliphatic rings. The van der Waals surface area contributed by atoms with Gasteiger partial charge >= 0.3 is 0 Å². The Bertz CT molecular complexity index is 319.